The van der Waals surface area contributed by atoms with Gasteiger partial charge in [-0.2, -0.15) is 4.37 Å². The summed E-state index contributed by atoms with van der Waals surface area (Å²) in [7, 11) is 1.96. The van der Waals surface area contributed by atoms with E-state index in [1.54, 1.807) is 12.1 Å². The zero-order valence-corrected chi connectivity index (χ0v) is 11.0. The first-order valence-corrected chi connectivity index (χ1v) is 6.79. The van der Waals surface area contributed by atoms with E-state index >= 15 is 0 Å². The highest BCUT2D eigenvalue weighted by Gasteiger charge is 2.28. The largest absolute Gasteiger partial charge is 0.346 e. The number of rotatable bonds is 4. The molecule has 0 N–H and O–H groups in total. The van der Waals surface area contributed by atoms with Gasteiger partial charge in [-0.05, 0) is 30.5 Å². The Morgan fingerprint density at radius 2 is 2.28 bits per heavy atom. The van der Waals surface area contributed by atoms with Crippen molar-refractivity contribution in [2.24, 2.45) is 0 Å². The van der Waals surface area contributed by atoms with Crippen LogP contribution < -0.4 is 4.90 Å². The summed E-state index contributed by atoms with van der Waals surface area (Å²) in [6.07, 6.45) is 2.42. The second-order valence-electron chi connectivity index (χ2n) is 4.70. The van der Waals surface area contributed by atoms with E-state index in [1.165, 1.54) is 30.4 Å². The van der Waals surface area contributed by atoms with Crippen molar-refractivity contribution in [2.45, 2.75) is 25.3 Å². The highest BCUT2D eigenvalue weighted by atomic mass is 32.1. The molecule has 1 saturated carbocycles. The van der Waals surface area contributed by atoms with Crippen molar-refractivity contribution in [3.8, 4) is 0 Å². The van der Waals surface area contributed by atoms with Crippen LogP contribution in [0.15, 0.2) is 24.3 Å². The van der Waals surface area contributed by atoms with E-state index in [-0.39, 0.29) is 5.82 Å². The van der Waals surface area contributed by atoms with E-state index in [1.807, 2.05) is 18.0 Å². The third-order valence-electron chi connectivity index (χ3n) is 3.01. The van der Waals surface area contributed by atoms with Crippen molar-refractivity contribution in [2.75, 3.05) is 11.9 Å². The lowest BCUT2D eigenvalue weighted by atomic mass is 10.2. The quantitative estimate of drug-likeness (QED) is 0.848. The Kier molecular flexibility index (Phi) is 2.99. The van der Waals surface area contributed by atoms with Crippen LogP contribution in [-0.4, -0.2) is 16.4 Å². The Hall–Kier alpha value is -1.49. The van der Waals surface area contributed by atoms with E-state index in [0.29, 0.717) is 12.5 Å². The maximum absolute atomic E-state index is 13.1. The highest BCUT2D eigenvalue weighted by Crippen LogP contribution is 2.39. The van der Waals surface area contributed by atoms with Crippen LogP contribution >= 0.6 is 11.5 Å². The molecule has 1 aromatic carbocycles. The predicted molar refractivity (Wildman–Crippen MR) is 70.4 cm³/mol. The number of nitrogens with zero attached hydrogens (tertiary/aromatic N) is 3. The Morgan fingerprint density at radius 1 is 1.44 bits per heavy atom. The van der Waals surface area contributed by atoms with Crippen molar-refractivity contribution in [3.63, 3.8) is 0 Å². The third-order valence-corrected chi connectivity index (χ3v) is 3.85. The Morgan fingerprint density at radius 3 is 3.00 bits per heavy atom. The zero-order chi connectivity index (χ0) is 12.5. The van der Waals surface area contributed by atoms with Crippen molar-refractivity contribution < 1.29 is 4.39 Å². The highest BCUT2D eigenvalue weighted by molar-refractivity contribution is 7.09. The number of hydrogen-bond acceptors (Lipinski definition) is 4. The molecule has 0 radical (unpaired) electrons. The minimum atomic E-state index is -0.197. The Balaban J connectivity index is 1.71. The maximum Gasteiger partial charge on any atom is 0.205 e. The van der Waals surface area contributed by atoms with Gasteiger partial charge in [-0.3, -0.25) is 0 Å². The third kappa shape index (κ3) is 2.51. The molecule has 0 spiro atoms. The summed E-state index contributed by atoms with van der Waals surface area (Å²) in [5.74, 6) is 1.36. The molecular weight excluding hydrogens is 249 g/mol. The fourth-order valence-electron chi connectivity index (χ4n) is 1.87. The number of benzene rings is 1. The van der Waals surface area contributed by atoms with E-state index in [2.05, 4.69) is 9.36 Å². The number of hydrogen-bond donors (Lipinski definition) is 0. The maximum atomic E-state index is 13.1. The fourth-order valence-corrected chi connectivity index (χ4v) is 2.57. The molecule has 1 aliphatic rings. The molecule has 1 fully saturated rings. The molecule has 5 heteroatoms. The normalized spacial score (nSPS) is 14.8. The van der Waals surface area contributed by atoms with Crippen LogP contribution in [0.4, 0.5) is 9.52 Å². The molecule has 0 aliphatic heterocycles. The van der Waals surface area contributed by atoms with Gasteiger partial charge in [-0.1, -0.05) is 12.1 Å². The molecule has 0 atom stereocenters. The van der Waals surface area contributed by atoms with Crippen LogP contribution in [0.5, 0.6) is 0 Å². The van der Waals surface area contributed by atoms with Crippen LogP contribution in [0.25, 0.3) is 0 Å². The lowest BCUT2D eigenvalue weighted by Gasteiger charge is -2.14. The molecule has 18 heavy (non-hydrogen) atoms. The monoisotopic (exact) mass is 263 g/mol. The molecule has 1 aromatic heterocycles. The van der Waals surface area contributed by atoms with Gasteiger partial charge in [-0.15, -0.1) is 0 Å². The van der Waals surface area contributed by atoms with Gasteiger partial charge >= 0.3 is 0 Å². The minimum Gasteiger partial charge on any atom is -0.346 e. The molecule has 0 unspecified atom stereocenters. The van der Waals surface area contributed by atoms with Gasteiger partial charge < -0.3 is 4.90 Å². The van der Waals surface area contributed by atoms with Crippen molar-refractivity contribution in [1.82, 2.24) is 9.36 Å². The zero-order valence-electron chi connectivity index (χ0n) is 10.1. The predicted octanol–water partition coefficient (Wildman–Crippen LogP) is 3.19. The van der Waals surface area contributed by atoms with Crippen molar-refractivity contribution in [1.29, 1.82) is 0 Å². The molecule has 1 heterocycles. The summed E-state index contributed by atoms with van der Waals surface area (Å²) in [6.45, 7) is 0.650. The standard InChI is InChI=1S/C13H14FN3S/c1-17(8-9-3-2-4-11(14)7-9)13-15-12(16-18-13)10-5-6-10/h2-4,7,10H,5-6,8H2,1H3. The van der Waals surface area contributed by atoms with E-state index < -0.39 is 0 Å². The van der Waals surface area contributed by atoms with Crippen LogP contribution in [0.1, 0.15) is 30.1 Å². The summed E-state index contributed by atoms with van der Waals surface area (Å²) in [5.41, 5.74) is 0.945. The summed E-state index contributed by atoms with van der Waals surface area (Å²) in [5, 5.41) is 0.904. The van der Waals surface area contributed by atoms with Gasteiger partial charge in [0.2, 0.25) is 5.13 Å². The second kappa shape index (κ2) is 4.65. The van der Waals surface area contributed by atoms with Crippen LogP contribution in [0, 0.1) is 5.82 Å². The van der Waals surface area contributed by atoms with Crippen LogP contribution in [0.2, 0.25) is 0 Å². The fraction of sp³-hybridized carbons (Fsp3) is 0.385. The average molecular weight is 263 g/mol. The van der Waals surface area contributed by atoms with E-state index in [4.69, 9.17) is 0 Å². The summed E-state index contributed by atoms with van der Waals surface area (Å²) in [4.78, 5) is 6.54. The second-order valence-corrected chi connectivity index (χ2v) is 5.43. The summed E-state index contributed by atoms with van der Waals surface area (Å²) >= 11 is 1.42. The van der Waals surface area contributed by atoms with E-state index in [0.717, 1.165) is 16.5 Å². The lowest BCUT2D eigenvalue weighted by molar-refractivity contribution is 0.625. The molecule has 3 rings (SSSR count). The number of anilines is 1. The first-order chi connectivity index (χ1) is 8.72. The number of aromatic nitrogens is 2. The SMILES string of the molecule is CN(Cc1cccc(F)c1)c1nc(C2CC2)ns1. The molecule has 0 saturated heterocycles. The summed E-state index contributed by atoms with van der Waals surface area (Å²) in [6, 6.07) is 6.66. The molecule has 1 aliphatic carbocycles. The Bertz CT molecular complexity index is 551. The Labute approximate surface area is 109 Å². The molecule has 3 nitrogen and oxygen atoms in total. The van der Waals surface area contributed by atoms with Gasteiger partial charge in [0, 0.05) is 31.0 Å². The minimum absolute atomic E-state index is 0.197. The average Bonchev–Trinajstić information content (AvgIpc) is 3.07. The molecule has 0 bridgehead atoms. The smallest absolute Gasteiger partial charge is 0.205 e. The van der Waals surface area contributed by atoms with Gasteiger partial charge in [0.15, 0.2) is 0 Å². The summed E-state index contributed by atoms with van der Waals surface area (Å²) < 4.78 is 17.5. The van der Waals surface area contributed by atoms with Gasteiger partial charge in [0.05, 0.1) is 0 Å². The van der Waals surface area contributed by atoms with Gasteiger partial charge in [-0.25, -0.2) is 9.37 Å². The topological polar surface area (TPSA) is 29.0 Å². The van der Waals surface area contributed by atoms with Gasteiger partial charge in [0.1, 0.15) is 11.6 Å². The molecular formula is C13H14FN3S. The lowest BCUT2D eigenvalue weighted by Crippen LogP contribution is -2.16. The first kappa shape index (κ1) is 11.6. The molecule has 94 valence electrons. The molecule has 2 aromatic rings. The van der Waals surface area contributed by atoms with E-state index in [9.17, 15) is 4.39 Å². The number of halogens is 1. The van der Waals surface area contributed by atoms with Crippen molar-refractivity contribution in [3.05, 3.63) is 41.5 Å². The molecule has 0 amide bonds. The van der Waals surface area contributed by atoms with Crippen LogP contribution in [-0.2, 0) is 6.54 Å². The first-order valence-electron chi connectivity index (χ1n) is 6.01. The van der Waals surface area contributed by atoms with Crippen molar-refractivity contribution >= 4 is 16.7 Å². The van der Waals surface area contributed by atoms with Crippen LogP contribution in [0.3, 0.4) is 0 Å². The van der Waals surface area contributed by atoms with Gasteiger partial charge in [0.25, 0.3) is 0 Å².